The van der Waals surface area contributed by atoms with Crippen LogP contribution in [0, 0.1) is 29.6 Å². The minimum atomic E-state index is 0.176. The van der Waals surface area contributed by atoms with E-state index >= 15 is 0 Å². The molecule has 0 spiro atoms. The number of aromatic nitrogens is 2. The van der Waals surface area contributed by atoms with Crippen molar-refractivity contribution in [3.63, 3.8) is 0 Å². The first kappa shape index (κ1) is 13.1. The van der Waals surface area contributed by atoms with Crippen LogP contribution in [0.15, 0.2) is 6.20 Å². The first-order valence-corrected chi connectivity index (χ1v) is 8.31. The average Bonchev–Trinajstić information content (AvgIpc) is 2.77. The Balaban J connectivity index is 1.62. The van der Waals surface area contributed by atoms with Gasteiger partial charge in [-0.3, -0.25) is 16.0 Å². The molecule has 0 radical (unpaired) electrons. The first-order chi connectivity index (χ1) is 9.76. The van der Waals surface area contributed by atoms with E-state index in [9.17, 15) is 0 Å². The van der Waals surface area contributed by atoms with Gasteiger partial charge >= 0.3 is 0 Å². The van der Waals surface area contributed by atoms with Gasteiger partial charge in [0.2, 0.25) is 0 Å². The molecule has 5 atom stereocenters. The molecule has 0 amide bonds. The zero-order valence-electron chi connectivity index (χ0n) is 11.9. The van der Waals surface area contributed by atoms with E-state index in [1.54, 1.807) is 6.20 Å². The van der Waals surface area contributed by atoms with Gasteiger partial charge in [0.25, 0.3) is 0 Å². The van der Waals surface area contributed by atoms with Crippen LogP contribution in [0.3, 0.4) is 0 Å². The number of hydrazine groups is 1. The monoisotopic (exact) mass is 294 g/mol. The maximum absolute atomic E-state index is 6.39. The summed E-state index contributed by atoms with van der Waals surface area (Å²) in [5.41, 5.74) is 4.16. The lowest BCUT2D eigenvalue weighted by molar-refractivity contribution is 0.355. The molecular formula is C15H23ClN4. The number of halogens is 1. The van der Waals surface area contributed by atoms with Crippen molar-refractivity contribution in [3.8, 4) is 0 Å². The van der Waals surface area contributed by atoms with E-state index in [0.717, 1.165) is 47.4 Å². The quantitative estimate of drug-likeness (QED) is 0.648. The van der Waals surface area contributed by atoms with E-state index in [1.165, 1.54) is 19.3 Å². The molecular weight excluding hydrogens is 272 g/mol. The second kappa shape index (κ2) is 4.72. The largest absolute Gasteiger partial charge is 0.271 e. The maximum atomic E-state index is 6.39. The van der Waals surface area contributed by atoms with Gasteiger partial charge in [-0.25, -0.2) is 0 Å². The highest BCUT2D eigenvalue weighted by atomic mass is 35.5. The van der Waals surface area contributed by atoms with E-state index in [0.29, 0.717) is 5.92 Å². The predicted molar refractivity (Wildman–Crippen MR) is 78.9 cm³/mol. The van der Waals surface area contributed by atoms with Gasteiger partial charge < -0.3 is 0 Å². The van der Waals surface area contributed by atoms with Gasteiger partial charge in [0.05, 0.1) is 23.0 Å². The summed E-state index contributed by atoms with van der Waals surface area (Å²) in [5.74, 6) is 10.3. The highest BCUT2D eigenvalue weighted by Gasteiger charge is 2.67. The van der Waals surface area contributed by atoms with Gasteiger partial charge in [0, 0.05) is 6.54 Å². The standard InChI is InChI=1S/C15H23ClN4/c1-2-5-20-15(10(16)7-18-20)14(19-17)13-11-8-3-4-9(6-8)12(11)13/h7-9,11-14,19H,2-6,17H2,1H3. The Kier molecular flexibility index (Phi) is 3.09. The number of nitrogens with two attached hydrogens (primary N) is 1. The fourth-order valence-electron chi connectivity index (χ4n) is 5.28. The molecule has 1 aromatic heterocycles. The van der Waals surface area contributed by atoms with Gasteiger partial charge in [-0.05, 0) is 55.3 Å². The molecule has 0 aromatic carbocycles. The Morgan fingerprint density at radius 2 is 2.15 bits per heavy atom. The minimum Gasteiger partial charge on any atom is -0.271 e. The van der Waals surface area contributed by atoms with E-state index in [2.05, 4.69) is 17.4 Å². The van der Waals surface area contributed by atoms with Crippen LogP contribution in [-0.4, -0.2) is 9.78 Å². The van der Waals surface area contributed by atoms with Crippen molar-refractivity contribution >= 4 is 11.6 Å². The summed E-state index contributed by atoms with van der Waals surface area (Å²) < 4.78 is 2.04. The lowest BCUT2D eigenvalue weighted by Crippen LogP contribution is -2.33. The molecule has 3 aliphatic carbocycles. The molecule has 3 fully saturated rings. The summed E-state index contributed by atoms with van der Waals surface area (Å²) in [6.45, 7) is 3.07. The van der Waals surface area contributed by atoms with Crippen molar-refractivity contribution in [2.75, 3.05) is 0 Å². The van der Waals surface area contributed by atoms with Crippen LogP contribution in [0.4, 0.5) is 0 Å². The number of rotatable bonds is 5. The smallest absolute Gasteiger partial charge is 0.0834 e. The predicted octanol–water partition coefficient (Wildman–Crippen LogP) is 2.74. The van der Waals surface area contributed by atoms with Crippen molar-refractivity contribution in [2.24, 2.45) is 35.4 Å². The van der Waals surface area contributed by atoms with Crippen LogP contribution >= 0.6 is 11.6 Å². The van der Waals surface area contributed by atoms with Crippen LogP contribution < -0.4 is 11.3 Å². The SMILES string of the molecule is CCCn1ncc(Cl)c1C(NN)C1C2C3CCC(C3)C21. The van der Waals surface area contributed by atoms with Gasteiger partial charge in [-0.2, -0.15) is 5.10 Å². The van der Waals surface area contributed by atoms with Crippen LogP contribution in [-0.2, 0) is 6.54 Å². The third-order valence-corrected chi connectivity index (χ3v) is 6.21. The van der Waals surface area contributed by atoms with Crippen molar-refractivity contribution in [3.05, 3.63) is 16.9 Å². The number of hydrogen-bond donors (Lipinski definition) is 2. The molecule has 2 bridgehead atoms. The number of fused-ring (bicyclic) bond motifs is 5. The summed E-state index contributed by atoms with van der Waals surface area (Å²) in [6.07, 6.45) is 7.16. The molecule has 110 valence electrons. The number of aryl methyl sites for hydroxylation is 1. The average molecular weight is 295 g/mol. The molecule has 0 saturated heterocycles. The van der Waals surface area contributed by atoms with Crippen molar-refractivity contribution < 1.29 is 0 Å². The summed E-state index contributed by atoms with van der Waals surface area (Å²) >= 11 is 6.39. The Hall–Kier alpha value is -0.580. The fourth-order valence-corrected chi connectivity index (χ4v) is 5.54. The molecule has 5 unspecified atom stereocenters. The molecule has 3 N–H and O–H groups in total. The summed E-state index contributed by atoms with van der Waals surface area (Å²) in [5, 5.41) is 5.18. The zero-order chi connectivity index (χ0) is 13.9. The normalized spacial score (nSPS) is 39.0. The van der Waals surface area contributed by atoms with E-state index in [4.69, 9.17) is 17.4 Å². The topological polar surface area (TPSA) is 55.9 Å². The summed E-state index contributed by atoms with van der Waals surface area (Å²) in [4.78, 5) is 0. The highest BCUT2D eigenvalue weighted by Crippen LogP contribution is 2.72. The Labute approximate surface area is 125 Å². The molecule has 3 saturated carbocycles. The van der Waals surface area contributed by atoms with E-state index in [1.807, 2.05) is 4.68 Å². The number of hydrogen-bond acceptors (Lipinski definition) is 3. The number of nitrogens with one attached hydrogen (secondary N) is 1. The molecule has 4 nitrogen and oxygen atoms in total. The van der Waals surface area contributed by atoms with Crippen molar-refractivity contribution in [2.45, 2.75) is 45.2 Å². The van der Waals surface area contributed by atoms with Crippen LogP contribution in [0.1, 0.15) is 44.3 Å². The molecule has 3 aliphatic rings. The third-order valence-electron chi connectivity index (χ3n) is 5.92. The molecule has 20 heavy (non-hydrogen) atoms. The summed E-state index contributed by atoms with van der Waals surface area (Å²) in [6, 6.07) is 0.176. The second-order valence-corrected chi connectivity index (χ2v) is 7.22. The first-order valence-electron chi connectivity index (χ1n) is 7.93. The molecule has 5 heteroatoms. The van der Waals surface area contributed by atoms with Crippen LogP contribution in [0.25, 0.3) is 0 Å². The van der Waals surface area contributed by atoms with E-state index in [-0.39, 0.29) is 6.04 Å². The second-order valence-electron chi connectivity index (χ2n) is 6.81. The highest BCUT2D eigenvalue weighted by molar-refractivity contribution is 6.31. The lowest BCUT2D eigenvalue weighted by Gasteiger charge is -2.21. The fraction of sp³-hybridized carbons (Fsp3) is 0.800. The zero-order valence-corrected chi connectivity index (χ0v) is 12.7. The summed E-state index contributed by atoms with van der Waals surface area (Å²) in [7, 11) is 0. The molecule has 4 rings (SSSR count). The number of nitrogens with zero attached hydrogens (tertiary/aromatic N) is 2. The van der Waals surface area contributed by atoms with Crippen molar-refractivity contribution in [1.29, 1.82) is 0 Å². The molecule has 0 aliphatic heterocycles. The van der Waals surface area contributed by atoms with Gasteiger partial charge in [-0.15, -0.1) is 0 Å². The van der Waals surface area contributed by atoms with Crippen LogP contribution in [0.2, 0.25) is 5.02 Å². The van der Waals surface area contributed by atoms with E-state index < -0.39 is 0 Å². The Bertz CT molecular complexity index is 498. The van der Waals surface area contributed by atoms with Crippen molar-refractivity contribution in [1.82, 2.24) is 15.2 Å². The van der Waals surface area contributed by atoms with Gasteiger partial charge in [0.1, 0.15) is 0 Å². The maximum Gasteiger partial charge on any atom is 0.0834 e. The third kappa shape index (κ3) is 1.71. The Morgan fingerprint density at radius 1 is 1.45 bits per heavy atom. The van der Waals surface area contributed by atoms with Gasteiger partial charge in [-0.1, -0.05) is 18.5 Å². The molecule has 1 aromatic rings. The lowest BCUT2D eigenvalue weighted by atomic mass is 9.96. The molecule has 1 heterocycles. The van der Waals surface area contributed by atoms with Crippen LogP contribution in [0.5, 0.6) is 0 Å². The minimum absolute atomic E-state index is 0.176. The Morgan fingerprint density at radius 3 is 2.75 bits per heavy atom. The van der Waals surface area contributed by atoms with Gasteiger partial charge in [0.15, 0.2) is 0 Å².